The number of rotatable bonds is 5. The third-order valence-electron chi connectivity index (χ3n) is 5.14. The molecule has 1 aromatic carbocycles. The third-order valence-corrected chi connectivity index (χ3v) is 5.14. The highest BCUT2D eigenvalue weighted by molar-refractivity contribution is 5.88. The number of aliphatic carboxylic acids is 1. The second kappa shape index (κ2) is 8.25. The molecule has 1 amide bonds. The first-order chi connectivity index (χ1) is 12.6. The third kappa shape index (κ3) is 4.18. The Bertz CT molecular complexity index is 782. The fraction of sp³-hybridized carbons (Fsp3) is 0.500. The lowest BCUT2D eigenvalue weighted by molar-refractivity contribution is -0.143. The minimum atomic E-state index is -0.821. The van der Waals surface area contributed by atoms with Crippen molar-refractivity contribution in [3.8, 4) is 5.75 Å². The summed E-state index contributed by atoms with van der Waals surface area (Å²) in [5, 5.41) is 13.3. The molecule has 2 aromatic rings. The Morgan fingerprint density at radius 1 is 1.23 bits per heavy atom. The maximum atomic E-state index is 12.5. The molecule has 0 aliphatic heterocycles. The van der Waals surface area contributed by atoms with Gasteiger partial charge in [-0.15, -0.1) is 0 Å². The first-order valence-electron chi connectivity index (χ1n) is 9.15. The molecule has 1 saturated carbocycles. The van der Waals surface area contributed by atoms with Crippen molar-refractivity contribution in [1.29, 1.82) is 0 Å². The van der Waals surface area contributed by atoms with Crippen LogP contribution in [0.25, 0.3) is 11.0 Å². The van der Waals surface area contributed by atoms with E-state index in [9.17, 15) is 14.7 Å². The first kappa shape index (κ1) is 18.3. The molecule has 0 radical (unpaired) electrons. The fourth-order valence-electron chi connectivity index (χ4n) is 3.71. The number of nitrogens with one attached hydrogen (secondary N) is 1. The van der Waals surface area contributed by atoms with Crippen LogP contribution in [0.15, 0.2) is 28.9 Å². The van der Waals surface area contributed by atoms with Crippen molar-refractivity contribution in [2.24, 2.45) is 5.92 Å². The summed E-state index contributed by atoms with van der Waals surface area (Å²) >= 11 is 0. The molecule has 1 aliphatic rings. The largest absolute Gasteiger partial charge is 0.497 e. The molecule has 2 unspecified atom stereocenters. The van der Waals surface area contributed by atoms with Gasteiger partial charge < -0.3 is 19.6 Å². The molecule has 6 nitrogen and oxygen atoms in total. The lowest BCUT2D eigenvalue weighted by Gasteiger charge is -2.27. The van der Waals surface area contributed by atoms with E-state index in [0.29, 0.717) is 24.2 Å². The van der Waals surface area contributed by atoms with Gasteiger partial charge in [-0.3, -0.25) is 9.59 Å². The number of methoxy groups -OCH3 is 1. The van der Waals surface area contributed by atoms with Crippen LogP contribution in [-0.4, -0.2) is 30.1 Å². The number of carboxylic acids is 1. The van der Waals surface area contributed by atoms with Crippen molar-refractivity contribution in [1.82, 2.24) is 5.32 Å². The number of furan rings is 1. The zero-order valence-electron chi connectivity index (χ0n) is 15.0. The summed E-state index contributed by atoms with van der Waals surface area (Å²) in [6.07, 6.45) is 7.09. The summed E-state index contributed by atoms with van der Waals surface area (Å²) in [5.41, 5.74) is 1.46. The summed E-state index contributed by atoms with van der Waals surface area (Å²) in [4.78, 5) is 24.1. The smallest absolute Gasteiger partial charge is 0.308 e. The zero-order chi connectivity index (χ0) is 18.5. The molecule has 2 atom stereocenters. The molecule has 1 aliphatic carbocycles. The second-order valence-corrected chi connectivity index (χ2v) is 6.91. The Morgan fingerprint density at radius 2 is 2.00 bits per heavy atom. The van der Waals surface area contributed by atoms with E-state index < -0.39 is 11.9 Å². The zero-order valence-corrected chi connectivity index (χ0v) is 15.0. The molecular weight excluding hydrogens is 334 g/mol. The van der Waals surface area contributed by atoms with Gasteiger partial charge in [-0.2, -0.15) is 0 Å². The Labute approximate surface area is 152 Å². The lowest BCUT2D eigenvalue weighted by atomic mass is 9.86. The highest BCUT2D eigenvalue weighted by atomic mass is 16.5. The molecule has 0 saturated heterocycles. The molecule has 3 rings (SSSR count). The highest BCUT2D eigenvalue weighted by Gasteiger charge is 2.30. The van der Waals surface area contributed by atoms with E-state index in [1.165, 1.54) is 0 Å². The van der Waals surface area contributed by atoms with Gasteiger partial charge in [-0.05, 0) is 25.0 Å². The number of carbonyl (C=O) groups is 2. The Balaban J connectivity index is 1.70. The normalized spacial score (nSPS) is 21.0. The second-order valence-electron chi connectivity index (χ2n) is 6.91. The average Bonchev–Trinajstić information content (AvgIpc) is 2.99. The minimum absolute atomic E-state index is 0.166. The highest BCUT2D eigenvalue weighted by Crippen LogP contribution is 2.27. The van der Waals surface area contributed by atoms with Gasteiger partial charge in [0.25, 0.3) is 0 Å². The summed E-state index contributed by atoms with van der Waals surface area (Å²) in [7, 11) is 1.59. The van der Waals surface area contributed by atoms with Gasteiger partial charge in [0, 0.05) is 23.1 Å². The minimum Gasteiger partial charge on any atom is -0.497 e. The van der Waals surface area contributed by atoms with Gasteiger partial charge in [-0.1, -0.05) is 25.7 Å². The molecule has 1 heterocycles. The summed E-state index contributed by atoms with van der Waals surface area (Å²) < 4.78 is 10.7. The van der Waals surface area contributed by atoms with Gasteiger partial charge >= 0.3 is 5.97 Å². The van der Waals surface area contributed by atoms with E-state index in [-0.39, 0.29) is 18.4 Å². The molecule has 140 valence electrons. The van der Waals surface area contributed by atoms with E-state index in [4.69, 9.17) is 9.15 Å². The van der Waals surface area contributed by atoms with Crippen LogP contribution in [0, 0.1) is 5.92 Å². The lowest BCUT2D eigenvalue weighted by Crippen LogP contribution is -2.44. The van der Waals surface area contributed by atoms with Crippen molar-refractivity contribution >= 4 is 22.8 Å². The number of hydrogen-bond donors (Lipinski definition) is 2. The SMILES string of the molecule is COc1ccc2c(CC(=O)NC3CCCCCCC3C(=O)O)coc2c1. The van der Waals surface area contributed by atoms with Crippen molar-refractivity contribution < 1.29 is 23.8 Å². The number of hydrogen-bond acceptors (Lipinski definition) is 4. The predicted octanol–water partition coefficient (Wildman–Crippen LogP) is 3.52. The average molecular weight is 359 g/mol. The molecule has 0 bridgehead atoms. The predicted molar refractivity (Wildman–Crippen MR) is 97.2 cm³/mol. The Kier molecular flexibility index (Phi) is 5.81. The maximum Gasteiger partial charge on any atom is 0.308 e. The van der Waals surface area contributed by atoms with Crippen LogP contribution < -0.4 is 10.1 Å². The summed E-state index contributed by atoms with van der Waals surface area (Å²) in [6.45, 7) is 0. The number of carboxylic acid groups (broad SMARTS) is 1. The van der Waals surface area contributed by atoms with Crippen molar-refractivity contribution in [2.75, 3.05) is 7.11 Å². The Morgan fingerprint density at radius 3 is 2.73 bits per heavy atom. The van der Waals surface area contributed by atoms with Crippen LogP contribution in [0.1, 0.15) is 44.1 Å². The van der Waals surface area contributed by atoms with E-state index in [1.54, 1.807) is 19.4 Å². The van der Waals surface area contributed by atoms with Crippen molar-refractivity contribution in [2.45, 2.75) is 51.0 Å². The van der Waals surface area contributed by atoms with Crippen LogP contribution >= 0.6 is 0 Å². The number of amides is 1. The van der Waals surface area contributed by atoms with E-state index in [2.05, 4.69) is 5.32 Å². The molecule has 1 fully saturated rings. The molecule has 26 heavy (non-hydrogen) atoms. The standard InChI is InChI=1S/C20H25NO5/c1-25-14-8-9-15-13(12-26-18(15)11-14)10-19(22)21-17-7-5-3-2-4-6-16(17)20(23)24/h8-9,11-12,16-17H,2-7,10H2,1H3,(H,21,22)(H,23,24). The van der Waals surface area contributed by atoms with E-state index >= 15 is 0 Å². The number of fused-ring (bicyclic) bond motifs is 1. The molecule has 6 heteroatoms. The quantitative estimate of drug-likeness (QED) is 0.853. The topological polar surface area (TPSA) is 88.8 Å². The number of benzene rings is 1. The van der Waals surface area contributed by atoms with Gasteiger partial charge in [-0.25, -0.2) is 0 Å². The van der Waals surface area contributed by atoms with Crippen LogP contribution in [-0.2, 0) is 16.0 Å². The van der Waals surface area contributed by atoms with Gasteiger partial charge in [0.2, 0.25) is 5.91 Å². The van der Waals surface area contributed by atoms with Crippen LogP contribution in [0.4, 0.5) is 0 Å². The van der Waals surface area contributed by atoms with Crippen molar-refractivity contribution in [3.05, 3.63) is 30.0 Å². The first-order valence-corrected chi connectivity index (χ1v) is 9.15. The van der Waals surface area contributed by atoms with E-state index in [1.807, 2.05) is 12.1 Å². The van der Waals surface area contributed by atoms with Gasteiger partial charge in [0.05, 0.1) is 25.7 Å². The number of ether oxygens (including phenoxy) is 1. The van der Waals surface area contributed by atoms with Crippen molar-refractivity contribution in [3.63, 3.8) is 0 Å². The molecule has 0 spiro atoms. The Hall–Kier alpha value is -2.50. The monoisotopic (exact) mass is 359 g/mol. The van der Waals surface area contributed by atoms with Crippen LogP contribution in [0.5, 0.6) is 5.75 Å². The van der Waals surface area contributed by atoms with Crippen LogP contribution in [0.3, 0.4) is 0 Å². The summed E-state index contributed by atoms with van der Waals surface area (Å²) in [5.74, 6) is -0.801. The van der Waals surface area contributed by atoms with Gasteiger partial charge in [0.1, 0.15) is 11.3 Å². The van der Waals surface area contributed by atoms with Crippen LogP contribution in [0.2, 0.25) is 0 Å². The fourth-order valence-corrected chi connectivity index (χ4v) is 3.71. The van der Waals surface area contributed by atoms with E-state index in [0.717, 1.165) is 36.6 Å². The summed E-state index contributed by atoms with van der Waals surface area (Å²) in [6, 6.07) is 5.18. The molecule has 2 N–H and O–H groups in total. The maximum absolute atomic E-state index is 12.5. The van der Waals surface area contributed by atoms with Gasteiger partial charge in [0.15, 0.2) is 0 Å². The molecule has 1 aromatic heterocycles. The number of carbonyl (C=O) groups excluding carboxylic acids is 1. The molecular formula is C20H25NO5.